The Morgan fingerprint density at radius 3 is 0.993 bits per heavy atom. The van der Waals surface area contributed by atoms with Crippen LogP contribution in [0.1, 0.15) is 0 Å². The Bertz CT molecular complexity index is 9940. The Hall–Kier alpha value is -18.9. The molecule has 0 amide bonds. The summed E-state index contributed by atoms with van der Waals surface area (Å²) in [7, 11) is 0. The summed E-state index contributed by atoms with van der Waals surface area (Å²) in [6.45, 7) is 0. The van der Waals surface area contributed by atoms with E-state index in [9.17, 15) is 0 Å². The Balaban J connectivity index is 0.000000108. The lowest BCUT2D eigenvalue weighted by Gasteiger charge is -2.12. The van der Waals surface area contributed by atoms with Crippen molar-refractivity contribution in [3.8, 4) is 141 Å². The van der Waals surface area contributed by atoms with Crippen LogP contribution in [0.3, 0.4) is 0 Å². The molecular formula is C130H81N11OS2. The summed E-state index contributed by atoms with van der Waals surface area (Å²) in [4.78, 5) is 39.6. The summed E-state index contributed by atoms with van der Waals surface area (Å²) in [5.41, 5.74) is 27.8. The topological polar surface area (TPSA) is 131 Å². The van der Waals surface area contributed by atoms with Crippen molar-refractivity contribution >= 4 is 150 Å². The van der Waals surface area contributed by atoms with Gasteiger partial charge in [-0.05, 0) is 142 Å². The summed E-state index contributed by atoms with van der Waals surface area (Å²) in [5.74, 6) is 4.49. The molecule has 674 valence electrons. The highest BCUT2D eigenvalue weighted by Gasteiger charge is 2.25. The number of benzene rings is 20. The van der Waals surface area contributed by atoms with Gasteiger partial charge in [0.15, 0.2) is 34.9 Å². The second-order valence-corrected chi connectivity index (χ2v) is 38.1. The zero-order valence-corrected chi connectivity index (χ0v) is 79.0. The van der Waals surface area contributed by atoms with Gasteiger partial charge in [0.25, 0.3) is 0 Å². The second-order valence-electron chi connectivity index (χ2n) is 36.0. The van der Waals surface area contributed by atoms with Crippen molar-refractivity contribution in [2.45, 2.75) is 0 Å². The van der Waals surface area contributed by atoms with Gasteiger partial charge in [0.1, 0.15) is 11.2 Å². The molecule has 0 radical (unpaired) electrons. The maximum absolute atomic E-state index is 6.39. The predicted octanol–water partition coefficient (Wildman–Crippen LogP) is 34.5. The van der Waals surface area contributed by atoms with Crippen LogP contribution in [0.25, 0.3) is 269 Å². The Labute approximate surface area is 835 Å². The van der Waals surface area contributed by atoms with E-state index in [1.54, 1.807) is 0 Å². The minimum atomic E-state index is 0.580. The molecule has 14 heteroatoms. The summed E-state index contributed by atoms with van der Waals surface area (Å²) in [5, 5.41) is 14.7. The van der Waals surface area contributed by atoms with E-state index in [-0.39, 0.29) is 0 Å². The van der Waals surface area contributed by atoms with Crippen molar-refractivity contribution in [3.63, 3.8) is 0 Å². The van der Waals surface area contributed by atoms with Crippen LogP contribution in [-0.4, -0.2) is 53.6 Å². The number of fused-ring (bicyclic) bond motifs is 18. The first-order valence-electron chi connectivity index (χ1n) is 48.1. The fourth-order valence-corrected chi connectivity index (χ4v) is 23.1. The van der Waals surface area contributed by atoms with Crippen LogP contribution in [0, 0.1) is 0 Å². The van der Waals surface area contributed by atoms with Gasteiger partial charge in [0.2, 0.25) is 5.95 Å². The number of thiophene rings is 2. The van der Waals surface area contributed by atoms with Crippen molar-refractivity contribution in [1.29, 1.82) is 0 Å². The van der Waals surface area contributed by atoms with Gasteiger partial charge in [-0.3, -0.25) is 4.57 Å². The molecule has 29 rings (SSSR count). The van der Waals surface area contributed by atoms with Crippen molar-refractivity contribution in [2.24, 2.45) is 0 Å². The zero-order valence-electron chi connectivity index (χ0n) is 77.4. The quantitative estimate of drug-likeness (QED) is 0.104. The van der Waals surface area contributed by atoms with Gasteiger partial charge in [-0.1, -0.05) is 382 Å². The fraction of sp³-hybridized carbons (Fsp3) is 0. The Morgan fingerprint density at radius 1 is 0.188 bits per heavy atom. The molecule has 29 aromatic rings. The van der Waals surface area contributed by atoms with Gasteiger partial charge in [-0.15, -0.1) is 22.7 Å². The van der Waals surface area contributed by atoms with E-state index in [2.05, 4.69) is 353 Å². The maximum atomic E-state index is 6.39. The van der Waals surface area contributed by atoms with Crippen LogP contribution in [0.15, 0.2) is 496 Å². The smallest absolute Gasteiger partial charge is 0.238 e. The van der Waals surface area contributed by atoms with Gasteiger partial charge >= 0.3 is 0 Å². The molecule has 0 aliphatic heterocycles. The molecule has 144 heavy (non-hydrogen) atoms. The number of para-hydroxylation sites is 5. The largest absolute Gasteiger partial charge is 0.455 e. The lowest BCUT2D eigenvalue weighted by atomic mass is 10.0. The average Bonchev–Trinajstić information content (AvgIpc) is 1.59. The van der Waals surface area contributed by atoms with E-state index >= 15 is 0 Å². The summed E-state index contributed by atoms with van der Waals surface area (Å²) in [6, 6.07) is 170. The van der Waals surface area contributed by atoms with Gasteiger partial charge in [-0.2, -0.15) is 9.97 Å². The average molecular weight is 1880 g/mol. The standard InChI is InChI=1S/C46H29N3S.C45H28N4S.C39H24N4O/c1-2-10-30(11-3-1)31-20-22-32(23-21-31)41-26-27-47-46(48-41)34-12-8-13-35(28-34)49-42-18-6-4-14-37(42)40-29-33(24-25-43(40)49)36-16-9-17-39-38-15-5-7-19-44(38)50-45(36)39;1-3-13-29(14-4-1)43-46-44(30-15-5-2-6-16-30)48-45(47-43)32-17-11-18-33(27-32)49-39-23-9-7-19-35(39)38-28-31(25-26-40(38)49)34-21-12-22-37-36-20-8-10-24-41(36)50-42(34)37;1-3-12-25(13-4-1)37-40-38(26-14-5-2-6-15-26)42-39(41-37)43-33-20-9-7-16-29(33)32-24-27(22-23-34(32)43)28-18-11-19-31-30-17-8-10-21-35(30)44-36(28)31/h1-29H;1-28H;1-24H. The van der Waals surface area contributed by atoms with E-state index in [0.717, 1.165) is 122 Å². The van der Waals surface area contributed by atoms with Crippen LogP contribution < -0.4 is 0 Å². The predicted molar refractivity (Wildman–Crippen MR) is 598 cm³/mol. The summed E-state index contributed by atoms with van der Waals surface area (Å²) in [6.07, 6.45) is 1.86. The number of nitrogens with zero attached hydrogens (tertiary/aromatic N) is 11. The Kier molecular flexibility index (Phi) is 21.0. The minimum Gasteiger partial charge on any atom is -0.455 e. The van der Waals surface area contributed by atoms with Crippen LogP contribution >= 0.6 is 22.7 Å². The number of hydrogen-bond donors (Lipinski definition) is 0. The van der Waals surface area contributed by atoms with Crippen LogP contribution in [0.5, 0.6) is 0 Å². The molecule has 0 N–H and O–H groups in total. The number of furan rings is 1. The van der Waals surface area contributed by atoms with Crippen molar-refractivity contribution in [2.75, 3.05) is 0 Å². The molecule has 12 nitrogen and oxygen atoms in total. The molecule has 0 aliphatic carbocycles. The van der Waals surface area contributed by atoms with Crippen LogP contribution in [-0.2, 0) is 0 Å². The number of aromatic nitrogens is 11. The molecule has 9 heterocycles. The highest BCUT2D eigenvalue weighted by molar-refractivity contribution is 7.26. The van der Waals surface area contributed by atoms with Crippen molar-refractivity contribution < 1.29 is 4.42 Å². The normalized spacial score (nSPS) is 11.6. The van der Waals surface area contributed by atoms with Gasteiger partial charge in [0, 0.05) is 146 Å². The molecule has 0 spiro atoms. The molecule has 20 aromatic carbocycles. The van der Waals surface area contributed by atoms with Gasteiger partial charge in [-0.25, -0.2) is 29.9 Å². The number of hydrogen-bond acceptors (Lipinski definition) is 11. The highest BCUT2D eigenvalue weighted by Crippen LogP contribution is 2.48. The SMILES string of the molecule is c1ccc(-c2ccc(-c3ccnc(-c4cccc(-n5c6ccccc6c6cc(-c7cccc8c7sc7ccccc78)ccc65)c4)n3)cc2)cc1.c1ccc(-c2nc(-c3ccccc3)nc(-c3cccc(-n4c5ccccc5c5cc(-c6cccc7c6sc6ccccc67)ccc54)c3)n2)cc1.c1ccc(-c2nc(-c3ccccc3)nc(-n3c4ccccc4c4cc(-c5cccc6c5oc5ccccc56)ccc43)n2)cc1. The number of rotatable bonds is 14. The van der Waals surface area contributed by atoms with E-state index < -0.39 is 0 Å². The maximum Gasteiger partial charge on any atom is 0.238 e. The fourth-order valence-electron chi connectivity index (χ4n) is 20.6. The molecule has 0 atom stereocenters. The second kappa shape index (κ2) is 35.9. The monoisotopic (exact) mass is 1880 g/mol. The van der Waals surface area contributed by atoms with Crippen molar-refractivity contribution in [1.82, 2.24) is 53.6 Å². The third kappa shape index (κ3) is 15.2. The first-order chi connectivity index (χ1) is 71.4. The van der Waals surface area contributed by atoms with E-state index in [0.29, 0.717) is 40.9 Å². The molecule has 0 bridgehead atoms. The lowest BCUT2D eigenvalue weighted by Crippen LogP contribution is -2.06. The summed E-state index contributed by atoms with van der Waals surface area (Å²) < 4.78 is 18.6. The zero-order chi connectivity index (χ0) is 95.1. The van der Waals surface area contributed by atoms with Gasteiger partial charge < -0.3 is 13.6 Å². The lowest BCUT2D eigenvalue weighted by molar-refractivity contribution is 0.670. The van der Waals surface area contributed by atoms with Crippen LogP contribution in [0.4, 0.5) is 0 Å². The van der Waals surface area contributed by atoms with E-state index in [4.69, 9.17) is 44.3 Å². The molecule has 0 aliphatic rings. The third-order valence-corrected chi connectivity index (χ3v) is 29.9. The molecular weight excluding hydrogens is 1800 g/mol. The van der Waals surface area contributed by atoms with Gasteiger partial charge in [0.05, 0.1) is 38.8 Å². The first-order valence-corrected chi connectivity index (χ1v) is 49.8. The highest BCUT2D eigenvalue weighted by atomic mass is 32.1. The van der Waals surface area contributed by atoms with E-state index in [1.165, 1.54) is 106 Å². The molecule has 0 saturated heterocycles. The van der Waals surface area contributed by atoms with E-state index in [1.807, 2.05) is 174 Å². The summed E-state index contributed by atoms with van der Waals surface area (Å²) >= 11 is 3.75. The van der Waals surface area contributed by atoms with Crippen molar-refractivity contribution in [3.05, 3.63) is 492 Å². The molecule has 0 fully saturated rings. The van der Waals surface area contributed by atoms with Crippen LogP contribution in [0.2, 0.25) is 0 Å². The minimum absolute atomic E-state index is 0.580. The Morgan fingerprint density at radius 2 is 0.514 bits per heavy atom. The molecule has 0 unspecified atom stereocenters. The third-order valence-electron chi connectivity index (χ3n) is 27.4. The molecule has 0 saturated carbocycles. The molecule has 9 aromatic heterocycles. The first kappa shape index (κ1) is 84.4.